The van der Waals surface area contributed by atoms with E-state index in [1.165, 1.54) is 25.7 Å². The van der Waals surface area contributed by atoms with Crippen LogP contribution in [0, 0.1) is 5.92 Å². The molecule has 1 amide bonds. The van der Waals surface area contributed by atoms with E-state index >= 15 is 0 Å². The maximum Gasteiger partial charge on any atom is 0.256 e. The Hall–Kier alpha value is -1.77. The van der Waals surface area contributed by atoms with E-state index in [-0.39, 0.29) is 5.91 Å². The fourth-order valence-electron chi connectivity index (χ4n) is 4.12. The number of piperidine rings is 1. The lowest BCUT2D eigenvalue weighted by Crippen LogP contribution is -2.46. The summed E-state index contributed by atoms with van der Waals surface area (Å²) in [6.45, 7) is 0.928. The zero-order chi connectivity index (χ0) is 13.5. The van der Waals surface area contributed by atoms with Gasteiger partial charge in [0.25, 0.3) is 5.91 Å². The number of rotatable bonds is 1. The number of H-pyrrole nitrogens is 1. The van der Waals surface area contributed by atoms with Crippen molar-refractivity contribution in [3.05, 3.63) is 36.0 Å². The van der Waals surface area contributed by atoms with Crippen LogP contribution in [0.15, 0.2) is 30.5 Å². The molecule has 2 aromatic rings. The maximum absolute atomic E-state index is 13.0. The average molecular weight is 268 g/mol. The van der Waals surface area contributed by atoms with Crippen LogP contribution in [0.4, 0.5) is 0 Å². The summed E-state index contributed by atoms with van der Waals surface area (Å²) in [5.41, 5.74) is 1.82. The Kier molecular flexibility index (Phi) is 2.79. The van der Waals surface area contributed by atoms with Crippen molar-refractivity contribution >= 4 is 16.8 Å². The number of likely N-dealkylation sites (tertiary alicyclic amines) is 1. The summed E-state index contributed by atoms with van der Waals surface area (Å²) in [5.74, 6) is 0.963. The first-order valence-corrected chi connectivity index (χ1v) is 7.71. The zero-order valence-electron chi connectivity index (χ0n) is 11.6. The van der Waals surface area contributed by atoms with Gasteiger partial charge in [-0.1, -0.05) is 18.6 Å². The summed E-state index contributed by atoms with van der Waals surface area (Å²) < 4.78 is 0. The molecular weight excluding hydrogens is 248 g/mol. The van der Waals surface area contributed by atoms with Gasteiger partial charge in [0.2, 0.25) is 0 Å². The van der Waals surface area contributed by atoms with Crippen molar-refractivity contribution in [2.75, 3.05) is 6.54 Å². The number of nitrogens with zero attached hydrogens (tertiary/aromatic N) is 1. The first-order valence-electron chi connectivity index (χ1n) is 7.71. The number of nitrogens with one attached hydrogen (secondary N) is 1. The van der Waals surface area contributed by atoms with Crippen molar-refractivity contribution in [1.29, 1.82) is 0 Å². The highest BCUT2D eigenvalue weighted by Crippen LogP contribution is 2.37. The number of benzene rings is 1. The lowest BCUT2D eigenvalue weighted by molar-refractivity contribution is 0.0550. The fourth-order valence-corrected chi connectivity index (χ4v) is 4.12. The lowest BCUT2D eigenvalue weighted by Gasteiger charge is -2.38. The monoisotopic (exact) mass is 268 g/mol. The molecule has 2 heterocycles. The van der Waals surface area contributed by atoms with Gasteiger partial charge in [-0.3, -0.25) is 4.79 Å². The molecule has 2 atom stereocenters. The Morgan fingerprint density at radius 3 is 3.00 bits per heavy atom. The predicted octanol–water partition coefficient (Wildman–Crippen LogP) is 3.57. The van der Waals surface area contributed by atoms with Crippen LogP contribution in [-0.4, -0.2) is 28.4 Å². The molecule has 1 saturated carbocycles. The van der Waals surface area contributed by atoms with Gasteiger partial charge in [0.1, 0.15) is 0 Å². The molecule has 1 aromatic heterocycles. The molecule has 2 aliphatic rings. The van der Waals surface area contributed by atoms with Gasteiger partial charge < -0.3 is 9.88 Å². The van der Waals surface area contributed by atoms with Crippen LogP contribution in [0.2, 0.25) is 0 Å². The van der Waals surface area contributed by atoms with Crippen LogP contribution in [0.25, 0.3) is 10.9 Å². The highest BCUT2D eigenvalue weighted by atomic mass is 16.2. The molecule has 104 valence electrons. The van der Waals surface area contributed by atoms with Gasteiger partial charge in [-0.25, -0.2) is 0 Å². The smallest absolute Gasteiger partial charge is 0.256 e. The van der Waals surface area contributed by atoms with Crippen molar-refractivity contribution in [2.45, 2.75) is 38.1 Å². The third-order valence-electron chi connectivity index (χ3n) is 5.07. The van der Waals surface area contributed by atoms with Crippen molar-refractivity contribution in [3.63, 3.8) is 0 Å². The number of carbonyl (C=O) groups is 1. The van der Waals surface area contributed by atoms with Gasteiger partial charge in [-0.15, -0.1) is 0 Å². The molecule has 20 heavy (non-hydrogen) atoms. The number of aromatic amines is 1. The summed E-state index contributed by atoms with van der Waals surface area (Å²) in [6, 6.07) is 8.51. The molecule has 1 N–H and O–H groups in total. The summed E-state index contributed by atoms with van der Waals surface area (Å²) >= 11 is 0. The van der Waals surface area contributed by atoms with Gasteiger partial charge in [0, 0.05) is 24.2 Å². The summed E-state index contributed by atoms with van der Waals surface area (Å²) in [5, 5.41) is 1.12. The first kappa shape index (κ1) is 12.0. The second-order valence-corrected chi connectivity index (χ2v) is 6.15. The fraction of sp³-hybridized carbons (Fsp3) is 0.471. The average Bonchev–Trinajstić information content (AvgIpc) is 3.13. The second kappa shape index (κ2) is 4.65. The molecular formula is C17H20N2O. The van der Waals surface area contributed by atoms with Gasteiger partial charge in [0.05, 0.1) is 11.1 Å². The van der Waals surface area contributed by atoms with Crippen molar-refractivity contribution < 1.29 is 4.79 Å². The Balaban J connectivity index is 1.71. The highest BCUT2D eigenvalue weighted by Gasteiger charge is 2.37. The van der Waals surface area contributed by atoms with Crippen LogP contribution in [0.1, 0.15) is 42.5 Å². The number of para-hydroxylation sites is 1. The minimum Gasteiger partial charge on any atom is -0.361 e. The Morgan fingerprint density at radius 2 is 2.05 bits per heavy atom. The van der Waals surface area contributed by atoms with Crippen LogP contribution in [0.5, 0.6) is 0 Å². The Morgan fingerprint density at radius 1 is 1.15 bits per heavy atom. The number of hydrogen-bond acceptors (Lipinski definition) is 1. The third-order valence-corrected chi connectivity index (χ3v) is 5.07. The Bertz CT molecular complexity index is 645. The van der Waals surface area contributed by atoms with E-state index in [1.54, 1.807) is 0 Å². The van der Waals surface area contributed by atoms with Crippen LogP contribution in [0.3, 0.4) is 0 Å². The number of aromatic nitrogens is 1. The van der Waals surface area contributed by atoms with E-state index in [0.29, 0.717) is 6.04 Å². The van der Waals surface area contributed by atoms with E-state index in [4.69, 9.17) is 0 Å². The second-order valence-electron chi connectivity index (χ2n) is 6.15. The summed E-state index contributed by atoms with van der Waals surface area (Å²) in [4.78, 5) is 18.3. The van der Waals surface area contributed by atoms with E-state index in [1.807, 2.05) is 24.4 Å². The number of hydrogen-bond donors (Lipinski definition) is 1. The summed E-state index contributed by atoms with van der Waals surface area (Å²) in [7, 11) is 0. The molecule has 1 aliphatic carbocycles. The minimum absolute atomic E-state index is 0.217. The molecule has 2 fully saturated rings. The number of carbonyl (C=O) groups excluding carboxylic acids is 1. The molecule has 0 spiro atoms. The molecule has 0 bridgehead atoms. The normalized spacial score (nSPS) is 25.9. The molecule has 1 aliphatic heterocycles. The molecule has 3 heteroatoms. The molecule has 3 nitrogen and oxygen atoms in total. The highest BCUT2D eigenvalue weighted by molar-refractivity contribution is 6.05. The van der Waals surface area contributed by atoms with E-state index in [9.17, 15) is 4.79 Å². The molecule has 4 rings (SSSR count). The number of amides is 1. The standard InChI is InChI=1S/C17H20N2O/c20-17(14-7-1-5-13-9-10-18-16(13)14)19-11-3-6-12-4-2-8-15(12)19/h1,5,7,9-10,12,15,18H,2-4,6,8,11H2. The first-order chi connectivity index (χ1) is 9.84. The van der Waals surface area contributed by atoms with Crippen molar-refractivity contribution in [2.24, 2.45) is 5.92 Å². The van der Waals surface area contributed by atoms with E-state index in [0.717, 1.165) is 35.3 Å². The summed E-state index contributed by atoms with van der Waals surface area (Å²) in [6.07, 6.45) is 8.16. The van der Waals surface area contributed by atoms with Gasteiger partial charge in [0.15, 0.2) is 0 Å². The lowest BCUT2D eigenvalue weighted by atomic mass is 9.91. The third kappa shape index (κ3) is 1.76. The van der Waals surface area contributed by atoms with Gasteiger partial charge >= 0.3 is 0 Å². The molecule has 1 aromatic carbocycles. The van der Waals surface area contributed by atoms with Crippen LogP contribution >= 0.6 is 0 Å². The molecule has 2 unspecified atom stereocenters. The number of fused-ring (bicyclic) bond motifs is 2. The quantitative estimate of drug-likeness (QED) is 0.843. The van der Waals surface area contributed by atoms with Crippen molar-refractivity contribution in [1.82, 2.24) is 9.88 Å². The van der Waals surface area contributed by atoms with Crippen molar-refractivity contribution in [3.8, 4) is 0 Å². The largest absolute Gasteiger partial charge is 0.361 e. The van der Waals surface area contributed by atoms with E-state index in [2.05, 4.69) is 16.0 Å². The maximum atomic E-state index is 13.0. The molecule has 0 radical (unpaired) electrons. The Labute approximate surface area is 119 Å². The van der Waals surface area contributed by atoms with Crippen LogP contribution in [-0.2, 0) is 0 Å². The van der Waals surface area contributed by atoms with E-state index < -0.39 is 0 Å². The topological polar surface area (TPSA) is 36.1 Å². The SMILES string of the molecule is O=C(c1cccc2cc[nH]c12)N1CCCC2CCCC21. The zero-order valence-corrected chi connectivity index (χ0v) is 11.6. The van der Waals surface area contributed by atoms with Crippen LogP contribution < -0.4 is 0 Å². The minimum atomic E-state index is 0.217. The van der Waals surface area contributed by atoms with Gasteiger partial charge in [-0.05, 0) is 43.7 Å². The van der Waals surface area contributed by atoms with Gasteiger partial charge in [-0.2, -0.15) is 0 Å². The molecule has 1 saturated heterocycles. The predicted molar refractivity (Wildman–Crippen MR) is 79.7 cm³/mol.